The first-order chi connectivity index (χ1) is 12.7. The van der Waals surface area contributed by atoms with Gasteiger partial charge in [0.05, 0.1) is 7.11 Å². The number of nitrogens with zero attached hydrogens (tertiary/aromatic N) is 6. The lowest BCUT2D eigenvalue weighted by Gasteiger charge is -1.98. The van der Waals surface area contributed by atoms with Gasteiger partial charge in [0.15, 0.2) is 0 Å². The van der Waals surface area contributed by atoms with Crippen molar-refractivity contribution in [3.05, 3.63) is 60.2 Å². The van der Waals surface area contributed by atoms with Crippen LogP contribution in [-0.4, -0.2) is 37.5 Å². The SMILES string of the molecule is COc1ccc(-c2noc(Cn3nnc(-c4cccc(F)c4)n3)n2)cc1. The third-order valence-electron chi connectivity index (χ3n) is 3.63. The summed E-state index contributed by atoms with van der Waals surface area (Å²) in [5.41, 5.74) is 1.34. The molecule has 2 aromatic carbocycles. The van der Waals surface area contributed by atoms with Crippen LogP contribution in [0.1, 0.15) is 5.89 Å². The van der Waals surface area contributed by atoms with Crippen molar-refractivity contribution >= 4 is 0 Å². The van der Waals surface area contributed by atoms with Crippen molar-refractivity contribution in [2.24, 2.45) is 0 Å². The Kier molecular flexibility index (Phi) is 4.10. The van der Waals surface area contributed by atoms with Crippen LogP contribution >= 0.6 is 0 Å². The highest BCUT2D eigenvalue weighted by Gasteiger charge is 2.12. The van der Waals surface area contributed by atoms with Gasteiger partial charge in [-0.15, -0.1) is 10.2 Å². The summed E-state index contributed by atoms with van der Waals surface area (Å²) in [6, 6.07) is 13.3. The van der Waals surface area contributed by atoms with E-state index in [1.54, 1.807) is 19.2 Å². The Balaban J connectivity index is 1.51. The van der Waals surface area contributed by atoms with Crippen molar-refractivity contribution in [1.29, 1.82) is 0 Å². The molecule has 2 heterocycles. The minimum absolute atomic E-state index is 0.158. The zero-order chi connectivity index (χ0) is 17.9. The van der Waals surface area contributed by atoms with E-state index in [2.05, 4.69) is 25.6 Å². The number of ether oxygens (including phenoxy) is 1. The number of benzene rings is 2. The van der Waals surface area contributed by atoms with E-state index in [0.29, 0.717) is 23.1 Å². The molecule has 4 rings (SSSR count). The number of hydrogen-bond acceptors (Lipinski definition) is 7. The molecule has 0 unspecified atom stereocenters. The van der Waals surface area contributed by atoms with E-state index in [1.165, 1.54) is 16.9 Å². The summed E-state index contributed by atoms with van der Waals surface area (Å²) in [4.78, 5) is 5.63. The van der Waals surface area contributed by atoms with Crippen LogP contribution in [0.15, 0.2) is 53.1 Å². The van der Waals surface area contributed by atoms with Crippen LogP contribution in [0.2, 0.25) is 0 Å². The summed E-state index contributed by atoms with van der Waals surface area (Å²) in [6.07, 6.45) is 0. The van der Waals surface area contributed by atoms with Crippen molar-refractivity contribution < 1.29 is 13.7 Å². The average molecular weight is 352 g/mol. The third-order valence-corrected chi connectivity index (χ3v) is 3.63. The van der Waals surface area contributed by atoms with Crippen molar-refractivity contribution in [2.75, 3.05) is 7.11 Å². The highest BCUT2D eigenvalue weighted by molar-refractivity contribution is 5.55. The number of hydrogen-bond donors (Lipinski definition) is 0. The molecule has 0 aliphatic rings. The molecule has 4 aromatic rings. The molecule has 0 aliphatic heterocycles. The largest absolute Gasteiger partial charge is 0.497 e. The van der Waals surface area contributed by atoms with Crippen molar-refractivity contribution in [3.8, 4) is 28.5 Å². The summed E-state index contributed by atoms with van der Waals surface area (Å²) < 4.78 is 23.6. The van der Waals surface area contributed by atoms with Crippen LogP contribution in [0.25, 0.3) is 22.8 Å². The molecular weight excluding hydrogens is 339 g/mol. The fourth-order valence-corrected chi connectivity index (χ4v) is 2.35. The first-order valence-electron chi connectivity index (χ1n) is 7.72. The Bertz CT molecular complexity index is 1030. The second kappa shape index (κ2) is 6.71. The van der Waals surface area contributed by atoms with Gasteiger partial charge >= 0.3 is 0 Å². The van der Waals surface area contributed by atoms with Crippen molar-refractivity contribution in [1.82, 2.24) is 30.3 Å². The van der Waals surface area contributed by atoms with Gasteiger partial charge < -0.3 is 9.26 Å². The van der Waals surface area contributed by atoms with Gasteiger partial charge in [-0.3, -0.25) is 0 Å². The van der Waals surface area contributed by atoms with Crippen LogP contribution in [0, 0.1) is 5.82 Å². The van der Waals surface area contributed by atoms with Crippen LogP contribution in [0.4, 0.5) is 4.39 Å². The summed E-state index contributed by atoms with van der Waals surface area (Å²) in [6.45, 7) is 0.158. The van der Waals surface area contributed by atoms with E-state index in [1.807, 2.05) is 24.3 Å². The topological polar surface area (TPSA) is 91.8 Å². The van der Waals surface area contributed by atoms with Gasteiger partial charge in [-0.25, -0.2) is 4.39 Å². The molecule has 0 N–H and O–H groups in total. The molecule has 0 radical (unpaired) electrons. The fraction of sp³-hybridized carbons (Fsp3) is 0.118. The van der Waals surface area contributed by atoms with Gasteiger partial charge in [-0.05, 0) is 41.6 Å². The standard InChI is InChI=1S/C17H13FN6O2/c1-25-14-7-5-11(6-8-14)16-19-15(26-22-16)10-24-21-17(20-23-24)12-3-2-4-13(18)9-12/h2-9H,10H2,1H3. The van der Waals surface area contributed by atoms with Crippen LogP contribution in [0.5, 0.6) is 5.75 Å². The van der Waals surface area contributed by atoms with Crippen LogP contribution in [-0.2, 0) is 6.54 Å². The van der Waals surface area contributed by atoms with E-state index < -0.39 is 0 Å². The zero-order valence-electron chi connectivity index (χ0n) is 13.7. The maximum atomic E-state index is 13.3. The minimum atomic E-state index is -0.361. The molecular formula is C17H13FN6O2. The number of tetrazole rings is 1. The van der Waals surface area contributed by atoms with Crippen LogP contribution in [0.3, 0.4) is 0 Å². The molecule has 8 nitrogen and oxygen atoms in total. The molecule has 0 bridgehead atoms. The Hall–Kier alpha value is -3.62. The second-order valence-electron chi connectivity index (χ2n) is 5.39. The predicted molar refractivity (Wildman–Crippen MR) is 88.6 cm³/mol. The summed E-state index contributed by atoms with van der Waals surface area (Å²) in [5.74, 6) is 1.49. The number of aromatic nitrogens is 6. The number of rotatable bonds is 5. The lowest BCUT2D eigenvalue weighted by molar-refractivity contribution is 0.356. The van der Waals surface area contributed by atoms with Gasteiger partial charge in [-0.1, -0.05) is 17.3 Å². The Labute approximate surface area is 147 Å². The molecule has 2 aromatic heterocycles. The number of methoxy groups -OCH3 is 1. The molecule has 130 valence electrons. The average Bonchev–Trinajstić information content (AvgIpc) is 3.32. The van der Waals surface area contributed by atoms with Gasteiger partial charge in [0.25, 0.3) is 5.89 Å². The van der Waals surface area contributed by atoms with E-state index in [9.17, 15) is 4.39 Å². The van der Waals surface area contributed by atoms with Crippen molar-refractivity contribution in [3.63, 3.8) is 0 Å². The first kappa shape index (κ1) is 15.9. The highest BCUT2D eigenvalue weighted by Crippen LogP contribution is 2.20. The smallest absolute Gasteiger partial charge is 0.250 e. The Morgan fingerprint density at radius 3 is 2.69 bits per heavy atom. The quantitative estimate of drug-likeness (QED) is 0.545. The maximum absolute atomic E-state index is 13.3. The molecule has 26 heavy (non-hydrogen) atoms. The molecule has 0 spiro atoms. The van der Waals surface area contributed by atoms with Crippen LogP contribution < -0.4 is 4.74 Å². The lowest BCUT2D eigenvalue weighted by atomic mass is 10.2. The molecule has 0 fully saturated rings. The molecule has 0 amide bonds. The van der Waals surface area contributed by atoms with E-state index in [-0.39, 0.29) is 12.4 Å². The molecule has 0 atom stereocenters. The van der Waals surface area contributed by atoms with E-state index >= 15 is 0 Å². The molecule has 9 heteroatoms. The number of halogens is 1. The van der Waals surface area contributed by atoms with E-state index in [4.69, 9.17) is 9.26 Å². The Morgan fingerprint density at radius 2 is 1.92 bits per heavy atom. The Morgan fingerprint density at radius 1 is 1.08 bits per heavy atom. The predicted octanol–water partition coefficient (Wildman–Crippen LogP) is 2.59. The summed E-state index contributed by atoms with van der Waals surface area (Å²) in [7, 11) is 1.60. The normalized spacial score (nSPS) is 10.8. The van der Waals surface area contributed by atoms with Gasteiger partial charge in [-0.2, -0.15) is 9.78 Å². The first-order valence-corrected chi connectivity index (χ1v) is 7.72. The lowest BCUT2D eigenvalue weighted by Crippen LogP contribution is -2.04. The van der Waals surface area contributed by atoms with Gasteiger partial charge in [0, 0.05) is 11.1 Å². The second-order valence-corrected chi connectivity index (χ2v) is 5.39. The molecule has 0 aliphatic carbocycles. The molecule has 0 saturated carbocycles. The molecule has 0 saturated heterocycles. The van der Waals surface area contributed by atoms with E-state index in [0.717, 1.165) is 11.3 Å². The van der Waals surface area contributed by atoms with Gasteiger partial charge in [0.2, 0.25) is 11.6 Å². The summed E-state index contributed by atoms with van der Waals surface area (Å²) >= 11 is 0. The highest BCUT2D eigenvalue weighted by atomic mass is 19.1. The minimum Gasteiger partial charge on any atom is -0.497 e. The fourth-order valence-electron chi connectivity index (χ4n) is 2.35. The third kappa shape index (κ3) is 3.27. The van der Waals surface area contributed by atoms with Gasteiger partial charge in [0.1, 0.15) is 18.1 Å². The monoisotopic (exact) mass is 352 g/mol. The zero-order valence-corrected chi connectivity index (χ0v) is 13.7. The summed E-state index contributed by atoms with van der Waals surface area (Å²) in [5, 5.41) is 16.0. The maximum Gasteiger partial charge on any atom is 0.250 e. The van der Waals surface area contributed by atoms with Crippen molar-refractivity contribution in [2.45, 2.75) is 6.54 Å².